The van der Waals surface area contributed by atoms with Gasteiger partial charge in [0.2, 0.25) is 17.7 Å². The number of nitrogens with two attached hydrogens (primary N) is 2. The van der Waals surface area contributed by atoms with Gasteiger partial charge in [0.1, 0.15) is 17.9 Å². The molecule has 396 valence electrons. The Bertz CT molecular complexity index is 2570. The number of unbranched alkanes of at least 4 members (excludes halogenated alkanes) is 1. The number of carbonyl (C=O) groups excluding carboxylic acids is 9. The third-order valence-corrected chi connectivity index (χ3v) is 16.1. The van der Waals surface area contributed by atoms with E-state index >= 15 is 0 Å². The zero-order valence-corrected chi connectivity index (χ0v) is 43.8. The van der Waals surface area contributed by atoms with Gasteiger partial charge in [-0.15, -0.1) is 0 Å². The molecule has 8 atom stereocenters. The van der Waals surface area contributed by atoms with Crippen molar-refractivity contribution in [3.05, 3.63) is 95.6 Å². The number of ketones is 4. The summed E-state index contributed by atoms with van der Waals surface area (Å²) in [5.41, 5.74) is 15.3. The highest BCUT2D eigenvalue weighted by molar-refractivity contribution is 8.76. The highest BCUT2D eigenvalue weighted by atomic mass is 33.1. The number of urea groups is 1. The summed E-state index contributed by atoms with van der Waals surface area (Å²) in [5, 5.41) is 11.3. The number of imide groups is 1. The number of rotatable bonds is 15. The molecule has 0 saturated carbocycles. The summed E-state index contributed by atoms with van der Waals surface area (Å²) >= 11 is 0. The molecule has 9 N–H and O–H groups in total. The number of allylic oxidation sites excluding steroid dienone is 1. The number of amides is 6. The molecule has 0 bridgehead atoms. The molecule has 1 aliphatic carbocycles. The lowest BCUT2D eigenvalue weighted by Gasteiger charge is -2.27. The predicted molar refractivity (Wildman–Crippen MR) is 284 cm³/mol. The van der Waals surface area contributed by atoms with Gasteiger partial charge in [-0.05, 0) is 68.2 Å². The number of benzene rings is 2. The van der Waals surface area contributed by atoms with Crippen molar-refractivity contribution >= 4 is 85.9 Å². The minimum absolute atomic E-state index is 0.00399. The van der Waals surface area contributed by atoms with Crippen LogP contribution in [0.5, 0.6) is 0 Å². The molecule has 2 aromatic carbocycles. The summed E-state index contributed by atoms with van der Waals surface area (Å²) in [5.74, 6) is -7.45. The molecule has 0 spiro atoms. The number of imidazole rings is 1. The smallest absolute Gasteiger partial charge is 0.325 e. The predicted octanol–water partition coefficient (Wildman–Crippen LogP) is 3.94. The second kappa shape index (κ2) is 27.6. The quantitative estimate of drug-likeness (QED) is 0.0373. The van der Waals surface area contributed by atoms with Gasteiger partial charge >= 0.3 is 6.03 Å². The van der Waals surface area contributed by atoms with Gasteiger partial charge in [0, 0.05) is 73.9 Å². The normalized spacial score (nSPS) is 25.1. The van der Waals surface area contributed by atoms with Gasteiger partial charge in [-0.1, -0.05) is 102 Å². The number of nitrogens with one attached hydrogen (secondary N) is 5. The largest absolute Gasteiger partial charge is 0.370 e. The Kier molecular flexibility index (Phi) is 21.2. The monoisotopic (exact) mass is 1050 g/mol. The minimum Gasteiger partial charge on any atom is -0.370 e. The molecule has 2 aliphatic heterocycles. The van der Waals surface area contributed by atoms with Gasteiger partial charge in [0.25, 0.3) is 5.91 Å². The van der Waals surface area contributed by atoms with Gasteiger partial charge < -0.3 is 37.7 Å². The summed E-state index contributed by atoms with van der Waals surface area (Å²) in [6.45, 7) is 4.92. The van der Waals surface area contributed by atoms with Crippen molar-refractivity contribution in [3.63, 3.8) is 0 Å². The first-order chi connectivity index (χ1) is 35.5. The van der Waals surface area contributed by atoms with E-state index in [1.165, 1.54) is 37.2 Å². The standard InChI is InChI=1S/C53H68N10O9S2/c1-4-5-17-41-51(71)63(53(72)62-41)44-29-74-73-28-38(32(3)64)26-47(67)43(23-35-19-18-34-14-9-10-16-40(34)35)61-48(68)36(15-11-20-57-52(54)55)24-46(66)42(21-33-12-7-6-8-13-33)60-49(69)37(22-39-27-56-30-58-39)25-45(65)31(2)59-50(44)70/h6-10,12-14,16,19,27,30-31,36-38,41-44H,4-5,11,15,17-18,20-26,28-29H2,1-3H3,(H,56,58)(H,59,70)(H,60,69)(H,61,68)(H,62,72)(H4,54,55,57)/t31-,36-,37-,38+,41+,42-,43+,44+/m1/s1. The Morgan fingerprint density at radius 3 is 2.12 bits per heavy atom. The van der Waals surface area contributed by atoms with Gasteiger partial charge in [-0.2, -0.15) is 0 Å². The number of aromatic amines is 1. The van der Waals surface area contributed by atoms with E-state index in [0.717, 1.165) is 38.8 Å². The molecule has 2 saturated heterocycles. The first kappa shape index (κ1) is 56.7. The average molecular weight is 1050 g/mol. The van der Waals surface area contributed by atoms with Crippen LogP contribution in [0.4, 0.5) is 4.79 Å². The fourth-order valence-corrected chi connectivity index (χ4v) is 11.9. The molecule has 6 amide bonds. The minimum atomic E-state index is -1.38. The zero-order valence-electron chi connectivity index (χ0n) is 42.1. The highest BCUT2D eigenvalue weighted by Gasteiger charge is 2.45. The molecule has 6 rings (SSSR count). The van der Waals surface area contributed by atoms with Gasteiger partial charge in [0.05, 0.1) is 30.4 Å². The zero-order chi connectivity index (χ0) is 53.3. The van der Waals surface area contributed by atoms with Crippen LogP contribution in [-0.2, 0) is 57.6 Å². The van der Waals surface area contributed by atoms with Crippen LogP contribution >= 0.6 is 21.6 Å². The maximum absolute atomic E-state index is 14.8. The van der Waals surface area contributed by atoms with Crippen molar-refractivity contribution in [2.24, 2.45) is 34.2 Å². The SMILES string of the molecule is CCCC[C@@H]1NC(=O)N([C@H]2CSSC[C@@H](C(C)=O)CC(=O)[C@H](CC3=CCc4ccccc43)NC(=O)[C@H](CCCN=C(N)N)CC(=O)[C@@H](Cc3ccccc3)NC(=O)[C@H](Cc3cnc[nH]3)CC(=O)[C@@H](C)NC2=O)C1=O. The van der Waals surface area contributed by atoms with Crippen LogP contribution < -0.4 is 32.7 Å². The summed E-state index contributed by atoms with van der Waals surface area (Å²) in [6.07, 6.45) is 6.89. The Hall–Kier alpha value is -6.61. The van der Waals surface area contributed by atoms with Crippen LogP contribution in [0.3, 0.4) is 0 Å². The van der Waals surface area contributed by atoms with Crippen LogP contribution in [0.15, 0.2) is 78.2 Å². The molecule has 0 unspecified atom stereocenters. The molecular weight excluding hydrogens is 985 g/mol. The second-order valence-corrected chi connectivity index (χ2v) is 21.8. The van der Waals surface area contributed by atoms with E-state index in [2.05, 4.69) is 36.2 Å². The fourth-order valence-electron chi connectivity index (χ4n) is 9.34. The molecule has 1 aromatic heterocycles. The highest BCUT2D eigenvalue weighted by Crippen LogP contribution is 2.33. The van der Waals surface area contributed by atoms with Gasteiger partial charge in [0.15, 0.2) is 23.3 Å². The van der Waals surface area contributed by atoms with Crippen molar-refractivity contribution < 1.29 is 43.2 Å². The summed E-state index contributed by atoms with van der Waals surface area (Å²) in [7, 11) is 2.31. The van der Waals surface area contributed by atoms with E-state index in [1.54, 1.807) is 24.3 Å². The third kappa shape index (κ3) is 15.9. The number of nitrogens with zero attached hydrogens (tertiary/aromatic N) is 3. The van der Waals surface area contributed by atoms with Crippen molar-refractivity contribution in [2.75, 3.05) is 18.1 Å². The summed E-state index contributed by atoms with van der Waals surface area (Å²) < 4.78 is 0. The fraction of sp³-hybridized carbons (Fsp3) is 0.491. The Labute approximate surface area is 439 Å². The lowest BCUT2D eigenvalue weighted by Crippen LogP contribution is -2.54. The van der Waals surface area contributed by atoms with E-state index in [0.29, 0.717) is 30.5 Å². The number of aromatic nitrogens is 2. The molecule has 3 heterocycles. The average Bonchev–Trinajstić information content (AvgIpc) is 4.11. The first-order valence-corrected chi connectivity index (χ1v) is 27.7. The number of carbonyl (C=O) groups is 9. The third-order valence-electron chi connectivity index (χ3n) is 13.7. The van der Waals surface area contributed by atoms with Crippen LogP contribution in [0, 0.1) is 17.8 Å². The second-order valence-electron chi connectivity index (χ2n) is 19.2. The topological polar surface area (TPSA) is 298 Å². The molecular formula is C53H68N10O9S2. The van der Waals surface area contributed by atoms with Crippen molar-refractivity contribution in [2.45, 2.75) is 128 Å². The maximum atomic E-state index is 14.8. The van der Waals surface area contributed by atoms with Crippen LogP contribution in [-0.4, -0.2) is 122 Å². The van der Waals surface area contributed by atoms with Gasteiger partial charge in [-0.3, -0.25) is 43.3 Å². The van der Waals surface area contributed by atoms with E-state index < -0.39 is 101 Å². The lowest BCUT2D eigenvalue weighted by atomic mass is 9.88. The van der Waals surface area contributed by atoms with E-state index in [-0.39, 0.29) is 74.7 Å². The van der Waals surface area contributed by atoms with Crippen LogP contribution in [0.25, 0.3) is 5.57 Å². The molecule has 2 fully saturated rings. The van der Waals surface area contributed by atoms with E-state index in [4.69, 9.17) is 11.5 Å². The molecule has 0 radical (unpaired) electrons. The number of hydrogen-bond acceptors (Lipinski definition) is 13. The number of guanidine groups is 1. The summed E-state index contributed by atoms with van der Waals surface area (Å²) in [4.78, 5) is 140. The number of hydrogen-bond donors (Lipinski definition) is 7. The molecule has 74 heavy (non-hydrogen) atoms. The summed E-state index contributed by atoms with van der Waals surface area (Å²) in [6, 6.07) is 10.3. The molecule has 21 heteroatoms. The van der Waals surface area contributed by atoms with Crippen molar-refractivity contribution in [1.82, 2.24) is 36.1 Å². The Morgan fingerprint density at radius 1 is 0.743 bits per heavy atom. The van der Waals surface area contributed by atoms with Crippen molar-refractivity contribution in [3.8, 4) is 0 Å². The number of aliphatic imine (C=N–C) groups is 1. The number of H-pyrrole nitrogens is 1. The molecule has 19 nitrogen and oxygen atoms in total. The molecule has 3 aromatic rings. The number of Topliss-reactive ketones (excluding diaryl/α,β-unsaturated/α-hetero) is 4. The van der Waals surface area contributed by atoms with Gasteiger partial charge in [-0.25, -0.2) is 14.7 Å². The maximum Gasteiger partial charge on any atom is 0.325 e. The number of fused-ring (bicyclic) bond motifs is 1. The van der Waals surface area contributed by atoms with Crippen molar-refractivity contribution in [1.29, 1.82) is 0 Å². The van der Waals surface area contributed by atoms with Crippen LogP contribution in [0.2, 0.25) is 0 Å². The van der Waals surface area contributed by atoms with E-state index in [9.17, 15) is 43.2 Å². The Balaban J connectivity index is 1.38. The Morgan fingerprint density at radius 2 is 1.42 bits per heavy atom. The lowest BCUT2D eigenvalue weighted by molar-refractivity contribution is -0.137. The van der Waals surface area contributed by atoms with E-state index in [1.807, 2.05) is 43.3 Å². The van der Waals surface area contributed by atoms with Crippen LogP contribution in [0.1, 0.15) is 101 Å². The molecule has 3 aliphatic rings. The first-order valence-electron chi connectivity index (χ1n) is 25.2.